The number of benzene rings is 1. The first-order chi connectivity index (χ1) is 14.3. The van der Waals surface area contributed by atoms with E-state index in [1.807, 2.05) is 0 Å². The maximum absolute atomic E-state index is 13.3. The number of alkyl halides is 2. The Labute approximate surface area is 182 Å². The molecular weight excluding hydrogens is 435 g/mol. The van der Waals surface area contributed by atoms with Gasteiger partial charge in [0, 0.05) is 54.0 Å². The van der Waals surface area contributed by atoms with Crippen LogP contribution in [0.25, 0.3) is 5.65 Å². The van der Waals surface area contributed by atoms with Crippen molar-refractivity contribution in [3.05, 3.63) is 63.0 Å². The molecule has 2 aromatic heterocycles. The number of rotatable bonds is 4. The molecule has 6 nitrogen and oxygen atoms in total. The van der Waals surface area contributed by atoms with Crippen LogP contribution in [0.5, 0.6) is 0 Å². The van der Waals surface area contributed by atoms with Gasteiger partial charge in [-0.25, -0.2) is 18.3 Å². The molecule has 158 valence electrons. The van der Waals surface area contributed by atoms with Gasteiger partial charge < -0.3 is 4.90 Å². The molecule has 1 saturated heterocycles. The Bertz CT molecular complexity index is 1080. The number of hydrogen-bond donors (Lipinski definition) is 0. The smallest absolute Gasteiger partial charge is 0.280 e. The van der Waals surface area contributed by atoms with E-state index in [-0.39, 0.29) is 22.8 Å². The Kier molecular flexibility index (Phi) is 5.90. The van der Waals surface area contributed by atoms with Gasteiger partial charge in [0.05, 0.1) is 6.20 Å². The van der Waals surface area contributed by atoms with E-state index in [2.05, 4.69) is 15.0 Å². The van der Waals surface area contributed by atoms with Gasteiger partial charge >= 0.3 is 0 Å². The number of carbonyl (C=O) groups is 1. The Morgan fingerprint density at radius 2 is 1.83 bits per heavy atom. The Hall–Kier alpha value is -2.29. The predicted octanol–water partition coefficient (Wildman–Crippen LogP) is 4.24. The molecule has 0 bridgehead atoms. The maximum atomic E-state index is 13.3. The van der Waals surface area contributed by atoms with Crippen LogP contribution >= 0.6 is 23.2 Å². The lowest BCUT2D eigenvalue weighted by molar-refractivity contribution is 0.0630. The van der Waals surface area contributed by atoms with Crippen molar-refractivity contribution in [3.8, 4) is 0 Å². The lowest BCUT2D eigenvalue weighted by Crippen LogP contribution is -2.48. The average molecular weight is 454 g/mol. The molecule has 3 heterocycles. The lowest BCUT2D eigenvalue weighted by atomic mass is 10.2. The molecular formula is C20H19Cl2F2N5O. The molecule has 1 amide bonds. The third-order valence-corrected chi connectivity index (χ3v) is 5.89. The van der Waals surface area contributed by atoms with E-state index >= 15 is 0 Å². The van der Waals surface area contributed by atoms with Gasteiger partial charge in [-0.2, -0.15) is 5.10 Å². The zero-order valence-corrected chi connectivity index (χ0v) is 17.7. The Morgan fingerprint density at radius 3 is 2.47 bits per heavy atom. The van der Waals surface area contributed by atoms with E-state index in [0.717, 1.165) is 10.1 Å². The van der Waals surface area contributed by atoms with Gasteiger partial charge in [-0.1, -0.05) is 29.3 Å². The van der Waals surface area contributed by atoms with Crippen LogP contribution in [0.2, 0.25) is 10.0 Å². The van der Waals surface area contributed by atoms with Crippen molar-refractivity contribution in [1.29, 1.82) is 0 Å². The minimum absolute atomic E-state index is 0.153. The highest BCUT2D eigenvalue weighted by molar-refractivity contribution is 6.35. The van der Waals surface area contributed by atoms with Crippen LogP contribution in [0.15, 0.2) is 30.5 Å². The number of piperazine rings is 1. The zero-order valence-electron chi connectivity index (χ0n) is 16.2. The highest BCUT2D eigenvalue weighted by Gasteiger charge is 2.27. The van der Waals surface area contributed by atoms with Gasteiger partial charge in [-0.3, -0.25) is 9.69 Å². The molecule has 4 rings (SSSR count). The topological polar surface area (TPSA) is 53.7 Å². The molecule has 3 aromatic rings. The summed E-state index contributed by atoms with van der Waals surface area (Å²) in [6.45, 7) is 4.47. The van der Waals surface area contributed by atoms with Crippen LogP contribution in [0.4, 0.5) is 8.78 Å². The van der Waals surface area contributed by atoms with Crippen LogP contribution in [0.1, 0.15) is 33.7 Å². The van der Waals surface area contributed by atoms with Crippen molar-refractivity contribution in [1.82, 2.24) is 24.4 Å². The van der Waals surface area contributed by atoms with Crippen molar-refractivity contribution < 1.29 is 13.6 Å². The number of amides is 1. The normalized spacial score (nSPS) is 15.3. The second-order valence-corrected chi connectivity index (χ2v) is 8.00. The molecule has 0 radical (unpaired) electrons. The lowest BCUT2D eigenvalue weighted by Gasteiger charge is -2.34. The summed E-state index contributed by atoms with van der Waals surface area (Å²) < 4.78 is 27.7. The number of fused-ring (bicyclic) bond motifs is 1. The molecule has 1 aliphatic rings. The van der Waals surface area contributed by atoms with Gasteiger partial charge in [-0.05, 0) is 25.1 Å². The van der Waals surface area contributed by atoms with Crippen LogP contribution in [0.3, 0.4) is 0 Å². The van der Waals surface area contributed by atoms with Gasteiger partial charge in [0.25, 0.3) is 12.3 Å². The summed E-state index contributed by atoms with van der Waals surface area (Å²) in [6.07, 6.45) is -1.40. The Balaban J connectivity index is 1.49. The second-order valence-electron chi connectivity index (χ2n) is 7.19. The predicted molar refractivity (Wildman–Crippen MR) is 110 cm³/mol. The maximum Gasteiger partial charge on any atom is 0.280 e. The van der Waals surface area contributed by atoms with Crippen molar-refractivity contribution in [2.24, 2.45) is 0 Å². The third-order valence-electron chi connectivity index (χ3n) is 5.18. The quantitative estimate of drug-likeness (QED) is 0.592. The molecule has 1 aliphatic heterocycles. The molecule has 0 atom stereocenters. The summed E-state index contributed by atoms with van der Waals surface area (Å²) in [5.41, 5.74) is 1.37. The summed E-state index contributed by atoms with van der Waals surface area (Å²) in [4.78, 5) is 21.1. The van der Waals surface area contributed by atoms with Crippen molar-refractivity contribution in [3.63, 3.8) is 0 Å². The van der Waals surface area contributed by atoms with E-state index in [9.17, 15) is 13.6 Å². The van der Waals surface area contributed by atoms with Gasteiger partial charge in [0.1, 0.15) is 11.3 Å². The standard InChI is InChI=1S/C20H19Cl2F2N5O/c1-12-9-17(18(23)24)29-19(26-12)13(10-25-29)20(30)28-7-5-27(6-8-28)11-14-15(21)3-2-4-16(14)22/h2-4,9-10,18H,5-8,11H2,1H3. The molecule has 0 unspecified atom stereocenters. The molecule has 0 N–H and O–H groups in total. The van der Waals surface area contributed by atoms with E-state index in [1.165, 1.54) is 12.3 Å². The largest absolute Gasteiger partial charge is 0.336 e. The molecule has 0 aliphatic carbocycles. The fourth-order valence-electron chi connectivity index (χ4n) is 3.61. The number of nitrogens with zero attached hydrogens (tertiary/aromatic N) is 5. The van der Waals surface area contributed by atoms with Crippen LogP contribution in [-0.4, -0.2) is 56.5 Å². The molecule has 0 saturated carbocycles. The average Bonchev–Trinajstić information content (AvgIpc) is 3.13. The number of halogens is 4. The Morgan fingerprint density at radius 1 is 1.17 bits per heavy atom. The monoisotopic (exact) mass is 453 g/mol. The summed E-state index contributed by atoms with van der Waals surface area (Å²) in [7, 11) is 0. The van der Waals surface area contributed by atoms with Crippen LogP contribution < -0.4 is 0 Å². The zero-order chi connectivity index (χ0) is 21.4. The van der Waals surface area contributed by atoms with Crippen molar-refractivity contribution in [2.75, 3.05) is 26.2 Å². The first-order valence-electron chi connectivity index (χ1n) is 9.43. The van der Waals surface area contributed by atoms with E-state index in [0.29, 0.717) is 48.5 Å². The van der Waals surface area contributed by atoms with Gasteiger partial charge in [0.15, 0.2) is 5.65 Å². The summed E-state index contributed by atoms with van der Waals surface area (Å²) in [5, 5.41) is 5.20. The van der Waals surface area contributed by atoms with Crippen molar-refractivity contribution >= 4 is 34.8 Å². The third kappa shape index (κ3) is 3.99. The first-order valence-corrected chi connectivity index (χ1v) is 10.2. The van der Waals surface area contributed by atoms with Gasteiger partial charge in [0.2, 0.25) is 0 Å². The number of carbonyl (C=O) groups excluding carboxylic acids is 1. The minimum Gasteiger partial charge on any atom is -0.336 e. The molecule has 0 spiro atoms. The number of aryl methyl sites for hydroxylation is 1. The van der Waals surface area contributed by atoms with Crippen LogP contribution in [-0.2, 0) is 6.54 Å². The van der Waals surface area contributed by atoms with Crippen LogP contribution in [0, 0.1) is 6.92 Å². The SMILES string of the molecule is Cc1cc(C(F)F)n2ncc(C(=O)N3CCN(Cc4c(Cl)cccc4Cl)CC3)c2n1. The molecule has 10 heteroatoms. The number of hydrogen-bond acceptors (Lipinski definition) is 4. The summed E-state index contributed by atoms with van der Waals surface area (Å²) in [5.74, 6) is -0.265. The van der Waals surface area contributed by atoms with E-state index in [1.54, 1.807) is 30.0 Å². The summed E-state index contributed by atoms with van der Waals surface area (Å²) in [6, 6.07) is 6.68. The fraction of sp³-hybridized carbons (Fsp3) is 0.350. The highest BCUT2D eigenvalue weighted by Crippen LogP contribution is 2.26. The molecule has 30 heavy (non-hydrogen) atoms. The molecule has 1 fully saturated rings. The van der Waals surface area contributed by atoms with Crippen molar-refractivity contribution in [2.45, 2.75) is 19.9 Å². The van der Waals surface area contributed by atoms with E-state index in [4.69, 9.17) is 23.2 Å². The first kappa shape index (κ1) is 21.0. The highest BCUT2D eigenvalue weighted by atomic mass is 35.5. The molecule has 1 aromatic carbocycles. The minimum atomic E-state index is -2.71. The summed E-state index contributed by atoms with van der Waals surface area (Å²) >= 11 is 12.5. The fourth-order valence-corrected chi connectivity index (χ4v) is 4.12. The second kappa shape index (κ2) is 8.45. The van der Waals surface area contributed by atoms with Gasteiger partial charge in [-0.15, -0.1) is 0 Å². The number of aromatic nitrogens is 3. The van der Waals surface area contributed by atoms with E-state index < -0.39 is 6.43 Å².